The van der Waals surface area contributed by atoms with E-state index in [1.54, 1.807) is 0 Å². The summed E-state index contributed by atoms with van der Waals surface area (Å²) in [4.78, 5) is 11.4. The number of H-pyrrole nitrogens is 1. The summed E-state index contributed by atoms with van der Waals surface area (Å²) in [5.74, 6) is 0. The topological polar surface area (TPSA) is 50.8 Å². The van der Waals surface area contributed by atoms with Gasteiger partial charge in [0.05, 0.1) is 5.69 Å². The number of aromatic amines is 1. The van der Waals surface area contributed by atoms with Crippen molar-refractivity contribution >= 4 is 30.7 Å². The highest BCUT2D eigenvalue weighted by atomic mass is 35.5. The molecule has 0 aliphatic rings. The molecule has 0 aliphatic carbocycles. The van der Waals surface area contributed by atoms with Crippen molar-refractivity contribution in [3.05, 3.63) is 24.3 Å². The third kappa shape index (κ3) is 3.31. The van der Waals surface area contributed by atoms with Crippen LogP contribution in [0.15, 0.2) is 18.6 Å². The number of ether oxygens (including phenoxy) is 1. The molecule has 0 aromatic carbocycles. The highest BCUT2D eigenvalue weighted by molar-refractivity contribution is 6.76. The van der Waals surface area contributed by atoms with E-state index in [4.69, 9.17) is 16.3 Å². The number of hydrogen-bond acceptors (Lipinski definition) is 3. The van der Waals surface area contributed by atoms with Crippen LogP contribution in [0.25, 0.3) is 11.0 Å². The first kappa shape index (κ1) is 13.5. The highest BCUT2D eigenvalue weighted by Gasteiger charge is 2.17. The van der Waals surface area contributed by atoms with Gasteiger partial charge in [-0.25, -0.2) is 9.97 Å². The predicted molar refractivity (Wildman–Crippen MR) is 76.6 cm³/mol. The summed E-state index contributed by atoms with van der Waals surface area (Å²) in [5, 5.41) is 0.922. The van der Waals surface area contributed by atoms with E-state index in [1.165, 1.54) is 6.33 Å². The highest BCUT2D eigenvalue weighted by Crippen LogP contribution is 2.26. The molecule has 0 amide bonds. The quantitative estimate of drug-likeness (QED) is 0.674. The van der Waals surface area contributed by atoms with Crippen molar-refractivity contribution in [2.24, 2.45) is 0 Å². The fourth-order valence-corrected chi connectivity index (χ4v) is 2.61. The summed E-state index contributed by atoms with van der Waals surface area (Å²) >= 11 is 6.26. The van der Waals surface area contributed by atoms with Crippen LogP contribution in [0.2, 0.25) is 25.7 Å². The van der Waals surface area contributed by atoms with Crippen molar-refractivity contribution < 1.29 is 4.74 Å². The van der Waals surface area contributed by atoms with Crippen LogP contribution in [0.1, 0.15) is 11.3 Å². The van der Waals surface area contributed by atoms with Gasteiger partial charge in [0, 0.05) is 26.3 Å². The van der Waals surface area contributed by atoms with Crippen LogP contribution in [0.5, 0.6) is 0 Å². The lowest BCUT2D eigenvalue weighted by Gasteiger charge is -2.17. The van der Waals surface area contributed by atoms with E-state index in [0.29, 0.717) is 6.61 Å². The zero-order valence-corrected chi connectivity index (χ0v) is 12.7. The molecule has 0 bridgehead atoms. The molecule has 2 aromatic heterocycles. The van der Waals surface area contributed by atoms with Crippen LogP contribution in [0.3, 0.4) is 0 Å². The molecule has 98 valence electrons. The van der Waals surface area contributed by atoms with Crippen molar-refractivity contribution in [3.63, 3.8) is 0 Å². The van der Waals surface area contributed by atoms with Crippen molar-refractivity contribution in [3.8, 4) is 0 Å². The molecule has 2 aromatic rings. The minimum atomic E-state index is -1.09. The van der Waals surface area contributed by atoms with E-state index in [2.05, 4.69) is 34.6 Å². The zero-order valence-electron chi connectivity index (χ0n) is 10.9. The lowest BCUT2D eigenvalue weighted by Crippen LogP contribution is -2.22. The molecule has 0 fully saturated rings. The van der Waals surface area contributed by atoms with Crippen LogP contribution in [-0.2, 0) is 4.74 Å². The Bertz CT molecular complexity index is 523. The smallest absolute Gasteiger partial charge is 0.174 e. The number of nitrogens with one attached hydrogen (secondary N) is 1. The predicted octanol–water partition coefficient (Wildman–Crippen LogP) is 3.55. The van der Waals surface area contributed by atoms with Gasteiger partial charge in [-0.3, -0.25) is 0 Å². The minimum absolute atomic E-state index is 0.511. The summed E-state index contributed by atoms with van der Waals surface area (Å²) in [6.45, 7) is 7.62. The standard InChI is InChI=1S/C12H18ClN3OSi/c1-18(2,3)7-6-17-11(13)10-9-4-5-14-12(9)16-8-15-10/h4-5,8,11H,6-7H2,1-3H3,(H,14,15,16). The van der Waals surface area contributed by atoms with Crippen LogP contribution in [-0.4, -0.2) is 29.6 Å². The fourth-order valence-electron chi connectivity index (χ4n) is 1.62. The van der Waals surface area contributed by atoms with Crippen molar-refractivity contribution in [1.82, 2.24) is 15.0 Å². The molecule has 0 spiro atoms. The molecule has 2 rings (SSSR count). The normalized spacial score (nSPS) is 14.0. The van der Waals surface area contributed by atoms with Gasteiger partial charge >= 0.3 is 0 Å². The van der Waals surface area contributed by atoms with Crippen molar-refractivity contribution in [2.45, 2.75) is 31.2 Å². The van der Waals surface area contributed by atoms with Gasteiger partial charge in [0.2, 0.25) is 0 Å². The molecule has 18 heavy (non-hydrogen) atoms. The molecule has 1 N–H and O–H groups in total. The molecule has 2 heterocycles. The number of rotatable bonds is 5. The van der Waals surface area contributed by atoms with Crippen LogP contribution in [0, 0.1) is 0 Å². The second-order valence-corrected chi connectivity index (χ2v) is 11.5. The van der Waals surface area contributed by atoms with Crippen LogP contribution < -0.4 is 0 Å². The van der Waals surface area contributed by atoms with E-state index in [-0.39, 0.29) is 0 Å². The maximum absolute atomic E-state index is 6.26. The Kier molecular flexibility index (Phi) is 4.04. The lowest BCUT2D eigenvalue weighted by molar-refractivity contribution is 0.118. The number of aromatic nitrogens is 3. The second-order valence-electron chi connectivity index (χ2n) is 5.50. The van der Waals surface area contributed by atoms with E-state index in [9.17, 15) is 0 Å². The molecule has 6 heteroatoms. The third-order valence-corrected chi connectivity index (χ3v) is 4.75. The Balaban J connectivity index is 2.05. The maximum Gasteiger partial charge on any atom is 0.174 e. The first-order chi connectivity index (χ1) is 8.47. The lowest BCUT2D eigenvalue weighted by atomic mass is 10.3. The van der Waals surface area contributed by atoms with E-state index in [0.717, 1.165) is 22.8 Å². The molecule has 4 nitrogen and oxygen atoms in total. The van der Waals surface area contributed by atoms with Gasteiger partial charge in [-0.1, -0.05) is 31.2 Å². The van der Waals surface area contributed by atoms with Crippen molar-refractivity contribution in [2.75, 3.05) is 6.61 Å². The average molecular weight is 284 g/mol. The Morgan fingerprint density at radius 3 is 2.89 bits per heavy atom. The van der Waals surface area contributed by atoms with Crippen LogP contribution >= 0.6 is 11.6 Å². The zero-order chi connectivity index (χ0) is 13.2. The summed E-state index contributed by atoms with van der Waals surface area (Å²) in [6, 6.07) is 3.01. The van der Waals surface area contributed by atoms with Crippen LogP contribution in [0.4, 0.5) is 0 Å². The summed E-state index contributed by atoms with van der Waals surface area (Å²) < 4.78 is 5.68. The minimum Gasteiger partial charge on any atom is -0.357 e. The molecular weight excluding hydrogens is 266 g/mol. The van der Waals surface area contributed by atoms with Gasteiger partial charge in [0.25, 0.3) is 0 Å². The molecule has 0 saturated heterocycles. The monoisotopic (exact) mass is 283 g/mol. The molecular formula is C12H18ClN3OSi. The Hall–Kier alpha value is -0.913. The average Bonchev–Trinajstić information content (AvgIpc) is 2.74. The second kappa shape index (κ2) is 5.38. The summed E-state index contributed by atoms with van der Waals surface area (Å²) in [6.07, 6.45) is 3.33. The molecule has 0 aliphatic heterocycles. The summed E-state index contributed by atoms with van der Waals surface area (Å²) in [7, 11) is -1.09. The van der Waals surface area contributed by atoms with Gasteiger partial charge in [-0.2, -0.15) is 0 Å². The molecule has 0 saturated carbocycles. The van der Waals surface area contributed by atoms with Gasteiger partial charge in [0.1, 0.15) is 12.0 Å². The number of halogens is 1. The Labute approximate surface area is 113 Å². The van der Waals surface area contributed by atoms with Gasteiger partial charge in [0.15, 0.2) is 5.56 Å². The molecule has 1 unspecified atom stereocenters. The maximum atomic E-state index is 6.26. The summed E-state index contributed by atoms with van der Waals surface area (Å²) in [5.41, 5.74) is 1.01. The number of fused-ring (bicyclic) bond motifs is 1. The van der Waals surface area contributed by atoms with Gasteiger partial charge in [-0.05, 0) is 12.1 Å². The first-order valence-electron chi connectivity index (χ1n) is 6.01. The van der Waals surface area contributed by atoms with E-state index >= 15 is 0 Å². The first-order valence-corrected chi connectivity index (χ1v) is 10.2. The van der Waals surface area contributed by atoms with E-state index < -0.39 is 13.6 Å². The number of alkyl halides is 1. The Morgan fingerprint density at radius 2 is 2.17 bits per heavy atom. The molecule has 1 atom stereocenters. The van der Waals surface area contributed by atoms with Gasteiger partial charge in [-0.15, -0.1) is 0 Å². The van der Waals surface area contributed by atoms with Crippen molar-refractivity contribution in [1.29, 1.82) is 0 Å². The SMILES string of the molecule is C[Si](C)(C)CCOC(Cl)c1ncnc2[nH]ccc12. The number of nitrogens with zero attached hydrogens (tertiary/aromatic N) is 2. The number of hydrogen-bond donors (Lipinski definition) is 1. The third-order valence-electron chi connectivity index (χ3n) is 2.72. The van der Waals surface area contributed by atoms with E-state index in [1.807, 2.05) is 12.3 Å². The van der Waals surface area contributed by atoms with Gasteiger partial charge < -0.3 is 9.72 Å². The molecule has 0 radical (unpaired) electrons. The Morgan fingerprint density at radius 1 is 1.39 bits per heavy atom. The fraction of sp³-hybridized carbons (Fsp3) is 0.500. The largest absolute Gasteiger partial charge is 0.357 e.